The third-order valence-electron chi connectivity index (χ3n) is 3.00. The molecule has 6 heteroatoms. The summed E-state index contributed by atoms with van der Waals surface area (Å²) in [6, 6.07) is 5.64. The molecule has 0 heterocycles. The Labute approximate surface area is 127 Å². The van der Waals surface area contributed by atoms with Crippen LogP contribution in [0.2, 0.25) is 0 Å². The number of carbonyl (C=O) groups is 1. The summed E-state index contributed by atoms with van der Waals surface area (Å²) in [6.45, 7) is 8.11. The third-order valence-corrected chi connectivity index (χ3v) is 4.28. The fraction of sp³-hybridized carbons (Fsp3) is 0.533. The minimum absolute atomic E-state index is 0.115. The van der Waals surface area contributed by atoms with Gasteiger partial charge in [-0.2, -0.15) is 0 Å². The van der Waals surface area contributed by atoms with Crippen LogP contribution in [0.5, 0.6) is 0 Å². The largest absolute Gasteiger partial charge is 0.355 e. The Morgan fingerprint density at radius 1 is 1.24 bits per heavy atom. The summed E-state index contributed by atoms with van der Waals surface area (Å²) in [6.07, 6.45) is 0. The van der Waals surface area contributed by atoms with Gasteiger partial charge in [0.15, 0.2) is 0 Å². The lowest BCUT2D eigenvalue weighted by atomic mass is 10.1. The summed E-state index contributed by atoms with van der Waals surface area (Å²) < 4.78 is 26.3. The van der Waals surface area contributed by atoms with Gasteiger partial charge in [-0.25, -0.2) is 13.1 Å². The van der Waals surface area contributed by atoms with Crippen molar-refractivity contribution < 1.29 is 13.2 Å². The number of benzene rings is 1. The van der Waals surface area contributed by atoms with Gasteiger partial charge in [-0.05, 0) is 30.9 Å². The zero-order valence-corrected chi connectivity index (χ0v) is 13.9. The van der Waals surface area contributed by atoms with E-state index in [0.29, 0.717) is 12.5 Å². The van der Waals surface area contributed by atoms with Crippen LogP contribution in [-0.4, -0.2) is 27.4 Å². The first-order valence-electron chi connectivity index (χ1n) is 7.00. The number of rotatable bonds is 7. The van der Waals surface area contributed by atoms with Gasteiger partial charge in [0, 0.05) is 6.54 Å². The van der Waals surface area contributed by atoms with E-state index in [1.807, 2.05) is 45.9 Å². The predicted octanol–water partition coefficient (Wildman–Crippen LogP) is 1.50. The van der Waals surface area contributed by atoms with Gasteiger partial charge in [-0.1, -0.05) is 37.6 Å². The molecule has 118 valence electrons. The third kappa shape index (κ3) is 6.73. The van der Waals surface area contributed by atoms with Crippen LogP contribution in [0, 0.1) is 19.8 Å². The number of nitrogens with one attached hydrogen (secondary N) is 2. The minimum Gasteiger partial charge on any atom is -0.355 e. The number of hydrogen-bond donors (Lipinski definition) is 2. The Hall–Kier alpha value is -1.40. The molecule has 1 amide bonds. The first-order chi connectivity index (χ1) is 9.69. The highest BCUT2D eigenvalue weighted by molar-refractivity contribution is 7.88. The molecule has 0 aliphatic heterocycles. The average Bonchev–Trinajstić information content (AvgIpc) is 2.37. The van der Waals surface area contributed by atoms with Gasteiger partial charge < -0.3 is 5.32 Å². The monoisotopic (exact) mass is 312 g/mol. The zero-order chi connectivity index (χ0) is 16.0. The molecule has 0 atom stereocenters. The smallest absolute Gasteiger partial charge is 0.235 e. The van der Waals surface area contributed by atoms with Gasteiger partial charge in [0.25, 0.3) is 0 Å². The number of amides is 1. The second-order valence-electron chi connectivity index (χ2n) is 5.71. The second-order valence-corrected chi connectivity index (χ2v) is 7.51. The van der Waals surface area contributed by atoms with Crippen molar-refractivity contribution in [3.8, 4) is 0 Å². The molecule has 0 saturated carbocycles. The van der Waals surface area contributed by atoms with Crippen LogP contribution in [0.3, 0.4) is 0 Å². The fourth-order valence-electron chi connectivity index (χ4n) is 1.82. The van der Waals surface area contributed by atoms with E-state index in [0.717, 1.165) is 16.7 Å². The van der Waals surface area contributed by atoms with Gasteiger partial charge in [0.05, 0.1) is 12.3 Å². The van der Waals surface area contributed by atoms with Gasteiger partial charge in [0.2, 0.25) is 15.9 Å². The number of carbonyl (C=O) groups excluding carboxylic acids is 1. The molecule has 0 bridgehead atoms. The van der Waals surface area contributed by atoms with Crippen molar-refractivity contribution in [1.82, 2.24) is 10.0 Å². The summed E-state index contributed by atoms with van der Waals surface area (Å²) in [4.78, 5) is 11.5. The van der Waals surface area contributed by atoms with E-state index in [2.05, 4.69) is 10.0 Å². The van der Waals surface area contributed by atoms with Crippen LogP contribution in [-0.2, 0) is 20.6 Å². The second kappa shape index (κ2) is 7.56. The predicted molar refractivity (Wildman–Crippen MR) is 84.4 cm³/mol. The molecular formula is C15H24N2O3S. The number of hydrogen-bond acceptors (Lipinski definition) is 3. The maximum absolute atomic E-state index is 12.0. The lowest BCUT2D eigenvalue weighted by Gasteiger charge is -2.10. The first-order valence-corrected chi connectivity index (χ1v) is 8.65. The molecule has 0 aromatic heterocycles. The molecule has 0 unspecified atom stereocenters. The summed E-state index contributed by atoms with van der Waals surface area (Å²) in [5, 5.41) is 2.67. The molecule has 0 saturated heterocycles. The van der Waals surface area contributed by atoms with Crippen LogP contribution >= 0.6 is 0 Å². The Morgan fingerprint density at radius 2 is 1.90 bits per heavy atom. The van der Waals surface area contributed by atoms with Crippen LogP contribution < -0.4 is 10.0 Å². The summed E-state index contributed by atoms with van der Waals surface area (Å²) in [7, 11) is -3.51. The molecule has 0 aliphatic rings. The van der Waals surface area contributed by atoms with Crippen molar-refractivity contribution in [3.63, 3.8) is 0 Å². The van der Waals surface area contributed by atoms with Gasteiger partial charge in [0.1, 0.15) is 0 Å². The maximum Gasteiger partial charge on any atom is 0.235 e. The summed E-state index contributed by atoms with van der Waals surface area (Å²) in [5.74, 6) is -0.0926. The van der Waals surface area contributed by atoms with Gasteiger partial charge in [-0.3, -0.25) is 4.79 Å². The van der Waals surface area contributed by atoms with Crippen molar-refractivity contribution in [2.45, 2.75) is 33.4 Å². The maximum atomic E-state index is 12.0. The van der Waals surface area contributed by atoms with Crippen LogP contribution in [0.4, 0.5) is 0 Å². The Morgan fingerprint density at radius 3 is 2.48 bits per heavy atom. The van der Waals surface area contributed by atoms with E-state index in [9.17, 15) is 13.2 Å². The molecular weight excluding hydrogens is 288 g/mol. The number of aryl methyl sites for hydroxylation is 2. The molecule has 1 aromatic rings. The Bertz CT molecular complexity index is 595. The van der Waals surface area contributed by atoms with Crippen LogP contribution in [0.15, 0.2) is 18.2 Å². The van der Waals surface area contributed by atoms with E-state index < -0.39 is 10.0 Å². The van der Waals surface area contributed by atoms with E-state index >= 15 is 0 Å². The van der Waals surface area contributed by atoms with E-state index in [4.69, 9.17) is 0 Å². The van der Waals surface area contributed by atoms with Gasteiger partial charge in [-0.15, -0.1) is 0 Å². The summed E-state index contributed by atoms with van der Waals surface area (Å²) in [5.41, 5.74) is 2.77. The highest BCUT2D eigenvalue weighted by atomic mass is 32.2. The standard InChI is InChI=1S/C15H24N2O3S/c1-11(2)8-16-15(18)9-17-21(19,20)10-14-6-5-12(3)7-13(14)4/h5-7,11,17H,8-10H2,1-4H3,(H,16,18). The zero-order valence-electron chi connectivity index (χ0n) is 13.1. The Balaban J connectivity index is 2.56. The van der Waals surface area contributed by atoms with Crippen molar-refractivity contribution in [2.75, 3.05) is 13.1 Å². The first kappa shape index (κ1) is 17.7. The average molecular weight is 312 g/mol. The lowest BCUT2D eigenvalue weighted by molar-refractivity contribution is -0.120. The highest BCUT2D eigenvalue weighted by Gasteiger charge is 2.14. The molecule has 1 rings (SSSR count). The normalized spacial score (nSPS) is 11.7. The Kier molecular flexibility index (Phi) is 6.36. The summed E-state index contributed by atoms with van der Waals surface area (Å²) >= 11 is 0. The molecule has 21 heavy (non-hydrogen) atoms. The molecule has 0 fully saturated rings. The molecule has 0 radical (unpaired) electrons. The highest BCUT2D eigenvalue weighted by Crippen LogP contribution is 2.13. The van der Waals surface area contributed by atoms with E-state index in [1.54, 1.807) is 0 Å². The van der Waals surface area contributed by atoms with Crippen LogP contribution in [0.25, 0.3) is 0 Å². The fourth-order valence-corrected chi connectivity index (χ4v) is 3.01. The minimum atomic E-state index is -3.51. The lowest BCUT2D eigenvalue weighted by Crippen LogP contribution is -2.38. The molecule has 0 spiro atoms. The molecule has 5 nitrogen and oxygen atoms in total. The van der Waals surface area contributed by atoms with Crippen molar-refractivity contribution in [1.29, 1.82) is 0 Å². The molecule has 0 aliphatic carbocycles. The topological polar surface area (TPSA) is 75.3 Å². The van der Waals surface area contributed by atoms with Crippen molar-refractivity contribution in [3.05, 3.63) is 34.9 Å². The number of sulfonamides is 1. The van der Waals surface area contributed by atoms with Crippen molar-refractivity contribution in [2.24, 2.45) is 5.92 Å². The van der Waals surface area contributed by atoms with Crippen LogP contribution in [0.1, 0.15) is 30.5 Å². The SMILES string of the molecule is Cc1ccc(CS(=O)(=O)NCC(=O)NCC(C)C)c(C)c1. The van der Waals surface area contributed by atoms with Crippen molar-refractivity contribution >= 4 is 15.9 Å². The quantitative estimate of drug-likeness (QED) is 0.801. The van der Waals surface area contributed by atoms with E-state index in [-0.39, 0.29) is 18.2 Å². The molecule has 2 N–H and O–H groups in total. The van der Waals surface area contributed by atoms with E-state index in [1.165, 1.54) is 0 Å². The molecule has 1 aromatic carbocycles. The van der Waals surface area contributed by atoms with Gasteiger partial charge >= 0.3 is 0 Å².